The number of likely N-dealkylation sites (tertiary alicyclic amines) is 1. The first kappa shape index (κ1) is 20.1. The molecular weight excluding hydrogens is 360 g/mol. The first-order valence-electron chi connectivity index (χ1n) is 9.77. The average Bonchev–Trinajstić information content (AvgIpc) is 3.01. The molecule has 3 heterocycles. The van der Waals surface area contributed by atoms with Crippen molar-refractivity contribution in [1.82, 2.24) is 19.9 Å². The molecule has 3 rings (SSSR count). The van der Waals surface area contributed by atoms with Gasteiger partial charge in [0.25, 0.3) is 0 Å². The van der Waals surface area contributed by atoms with Crippen molar-refractivity contribution in [3.8, 4) is 0 Å². The number of piperidine rings is 1. The monoisotopic (exact) mass is 388 g/mol. The maximum absolute atomic E-state index is 12.7. The van der Waals surface area contributed by atoms with Crippen molar-refractivity contribution in [2.24, 2.45) is 0 Å². The van der Waals surface area contributed by atoms with Crippen molar-refractivity contribution in [3.63, 3.8) is 0 Å². The fourth-order valence-electron chi connectivity index (χ4n) is 3.35. The summed E-state index contributed by atoms with van der Waals surface area (Å²) in [5.74, 6) is 0.191. The summed E-state index contributed by atoms with van der Waals surface area (Å²) in [5.41, 5.74) is 1.53. The molecule has 2 aromatic rings. The van der Waals surface area contributed by atoms with Crippen molar-refractivity contribution in [3.05, 3.63) is 23.7 Å². The number of carbonyl (C=O) groups is 2. The van der Waals surface area contributed by atoms with Gasteiger partial charge in [-0.1, -0.05) is 0 Å². The molecule has 8 nitrogen and oxygen atoms in total. The van der Waals surface area contributed by atoms with E-state index in [1.807, 2.05) is 32.9 Å². The second kappa shape index (κ2) is 8.16. The minimum atomic E-state index is -0.541. The molecule has 0 bridgehead atoms. The van der Waals surface area contributed by atoms with E-state index < -0.39 is 5.60 Å². The van der Waals surface area contributed by atoms with Gasteiger partial charge in [-0.2, -0.15) is 0 Å². The number of pyridine rings is 1. The minimum Gasteiger partial charge on any atom is -0.466 e. The maximum atomic E-state index is 12.7. The van der Waals surface area contributed by atoms with E-state index in [1.54, 1.807) is 11.8 Å². The second-order valence-electron chi connectivity index (χ2n) is 7.96. The van der Waals surface area contributed by atoms with Crippen LogP contribution < -0.4 is 0 Å². The topological polar surface area (TPSA) is 97.4 Å². The van der Waals surface area contributed by atoms with Gasteiger partial charge in [0.15, 0.2) is 5.65 Å². The molecule has 0 spiro atoms. The summed E-state index contributed by atoms with van der Waals surface area (Å²) in [4.78, 5) is 38.3. The van der Waals surface area contributed by atoms with Gasteiger partial charge in [-0.3, -0.25) is 9.69 Å². The summed E-state index contributed by atoms with van der Waals surface area (Å²) in [7, 11) is 0. The van der Waals surface area contributed by atoms with Crippen LogP contribution in [-0.4, -0.2) is 50.7 Å². The molecule has 1 aliphatic rings. The van der Waals surface area contributed by atoms with Crippen LogP contribution in [0.3, 0.4) is 0 Å². The summed E-state index contributed by atoms with van der Waals surface area (Å²) in [6.45, 7) is 8.34. The highest BCUT2D eigenvalue weighted by Crippen LogP contribution is 2.32. The van der Waals surface area contributed by atoms with Crippen LogP contribution in [0.4, 0.5) is 4.79 Å². The maximum Gasteiger partial charge on any atom is 0.410 e. The van der Waals surface area contributed by atoms with E-state index in [9.17, 15) is 9.59 Å². The van der Waals surface area contributed by atoms with Crippen LogP contribution in [0.1, 0.15) is 64.5 Å². The number of amides is 1. The molecule has 8 heteroatoms. The predicted octanol–water partition coefficient (Wildman–Crippen LogP) is 3.53. The molecular formula is C20H28N4O4. The number of nitrogens with one attached hydrogen (secondary N) is 1. The van der Waals surface area contributed by atoms with E-state index in [0.29, 0.717) is 24.6 Å². The molecule has 2 aromatic heterocycles. The van der Waals surface area contributed by atoms with E-state index in [2.05, 4.69) is 15.0 Å². The Kier molecular flexibility index (Phi) is 5.86. The van der Waals surface area contributed by atoms with Crippen LogP contribution in [0.5, 0.6) is 0 Å². The SMILES string of the molecule is CCOC(=O)Cc1nc2nc(C3CCCCN3C(=O)OC(C)(C)C)ccc2[nH]1. The first-order chi connectivity index (χ1) is 13.3. The van der Waals surface area contributed by atoms with Crippen molar-refractivity contribution in [1.29, 1.82) is 0 Å². The summed E-state index contributed by atoms with van der Waals surface area (Å²) in [6, 6.07) is 3.65. The van der Waals surface area contributed by atoms with E-state index >= 15 is 0 Å². The van der Waals surface area contributed by atoms with Gasteiger partial charge in [-0.25, -0.2) is 14.8 Å². The molecule has 1 N–H and O–H groups in total. The van der Waals surface area contributed by atoms with Crippen LogP contribution in [0.2, 0.25) is 0 Å². The molecule has 1 saturated heterocycles. The predicted molar refractivity (Wildman–Crippen MR) is 104 cm³/mol. The zero-order chi connectivity index (χ0) is 20.3. The number of aromatic amines is 1. The van der Waals surface area contributed by atoms with Crippen molar-refractivity contribution >= 4 is 23.2 Å². The van der Waals surface area contributed by atoms with Gasteiger partial charge in [-0.05, 0) is 59.1 Å². The summed E-state index contributed by atoms with van der Waals surface area (Å²) in [6.07, 6.45) is 2.57. The highest BCUT2D eigenvalue weighted by atomic mass is 16.6. The number of H-pyrrole nitrogens is 1. The number of esters is 1. The Bertz CT molecular complexity index is 855. The smallest absolute Gasteiger partial charge is 0.410 e. The van der Waals surface area contributed by atoms with Gasteiger partial charge in [0.1, 0.15) is 17.8 Å². The van der Waals surface area contributed by atoms with Crippen LogP contribution in [0.15, 0.2) is 12.1 Å². The van der Waals surface area contributed by atoms with Crippen LogP contribution in [0, 0.1) is 0 Å². The molecule has 0 aliphatic carbocycles. The van der Waals surface area contributed by atoms with Crippen molar-refractivity contribution < 1.29 is 19.1 Å². The van der Waals surface area contributed by atoms with Crippen LogP contribution >= 0.6 is 0 Å². The quantitative estimate of drug-likeness (QED) is 0.805. The van der Waals surface area contributed by atoms with Crippen LogP contribution in [0.25, 0.3) is 11.2 Å². The summed E-state index contributed by atoms with van der Waals surface area (Å²) < 4.78 is 10.5. The number of hydrogen-bond donors (Lipinski definition) is 1. The van der Waals surface area contributed by atoms with Gasteiger partial charge < -0.3 is 14.5 Å². The molecule has 1 fully saturated rings. The molecule has 0 aromatic carbocycles. The van der Waals surface area contributed by atoms with Gasteiger partial charge in [0, 0.05) is 6.54 Å². The number of hydrogen-bond acceptors (Lipinski definition) is 6. The lowest BCUT2D eigenvalue weighted by Crippen LogP contribution is -2.42. The second-order valence-corrected chi connectivity index (χ2v) is 7.96. The standard InChI is InChI=1S/C20H28N4O4/c1-5-27-17(25)12-16-21-14-10-9-13(22-18(14)23-16)15-8-6-7-11-24(15)19(26)28-20(2,3)4/h9-10,15H,5-8,11-12H2,1-4H3,(H,21,22,23). The Morgan fingerprint density at radius 3 is 2.75 bits per heavy atom. The Balaban J connectivity index is 1.82. The molecule has 1 atom stereocenters. The number of carbonyl (C=O) groups excluding carboxylic acids is 2. The normalized spacial score (nSPS) is 17.6. The van der Waals surface area contributed by atoms with Gasteiger partial charge in [0.2, 0.25) is 0 Å². The van der Waals surface area contributed by atoms with E-state index in [-0.39, 0.29) is 24.5 Å². The third kappa shape index (κ3) is 4.79. The average molecular weight is 388 g/mol. The Morgan fingerprint density at radius 2 is 2.04 bits per heavy atom. The van der Waals surface area contributed by atoms with Crippen molar-refractivity contribution in [2.45, 2.75) is 65.0 Å². The zero-order valence-corrected chi connectivity index (χ0v) is 16.9. The fourth-order valence-corrected chi connectivity index (χ4v) is 3.35. The zero-order valence-electron chi connectivity index (χ0n) is 16.9. The minimum absolute atomic E-state index is 0.0764. The molecule has 0 saturated carbocycles. The summed E-state index contributed by atoms with van der Waals surface area (Å²) in [5, 5.41) is 0. The summed E-state index contributed by atoms with van der Waals surface area (Å²) >= 11 is 0. The Hall–Kier alpha value is -2.64. The fraction of sp³-hybridized carbons (Fsp3) is 0.600. The Labute approximate surface area is 164 Å². The van der Waals surface area contributed by atoms with Gasteiger partial charge >= 0.3 is 12.1 Å². The van der Waals surface area contributed by atoms with Crippen LogP contribution in [-0.2, 0) is 20.7 Å². The van der Waals surface area contributed by atoms with E-state index in [0.717, 1.165) is 30.5 Å². The molecule has 152 valence electrons. The number of imidazole rings is 1. The molecule has 1 unspecified atom stereocenters. The lowest BCUT2D eigenvalue weighted by atomic mass is 9.99. The molecule has 28 heavy (non-hydrogen) atoms. The lowest BCUT2D eigenvalue weighted by Gasteiger charge is -2.36. The number of aromatic nitrogens is 3. The van der Waals surface area contributed by atoms with Crippen molar-refractivity contribution in [2.75, 3.05) is 13.2 Å². The molecule has 1 aliphatic heterocycles. The highest BCUT2D eigenvalue weighted by molar-refractivity contribution is 5.75. The number of fused-ring (bicyclic) bond motifs is 1. The lowest BCUT2D eigenvalue weighted by molar-refractivity contribution is -0.142. The number of nitrogens with zero attached hydrogens (tertiary/aromatic N) is 3. The number of ether oxygens (including phenoxy) is 2. The van der Waals surface area contributed by atoms with E-state index in [1.165, 1.54) is 0 Å². The highest BCUT2D eigenvalue weighted by Gasteiger charge is 2.32. The van der Waals surface area contributed by atoms with Gasteiger partial charge in [-0.15, -0.1) is 0 Å². The first-order valence-corrected chi connectivity index (χ1v) is 9.77. The third-order valence-electron chi connectivity index (χ3n) is 4.51. The third-order valence-corrected chi connectivity index (χ3v) is 4.51. The molecule has 1 amide bonds. The van der Waals surface area contributed by atoms with Gasteiger partial charge in [0.05, 0.1) is 23.9 Å². The van der Waals surface area contributed by atoms with E-state index in [4.69, 9.17) is 9.47 Å². The Morgan fingerprint density at radius 1 is 1.25 bits per heavy atom. The number of rotatable bonds is 4. The molecule has 0 radical (unpaired) electrons. The largest absolute Gasteiger partial charge is 0.466 e.